The molecule has 0 amide bonds. The van der Waals surface area contributed by atoms with E-state index in [1.807, 2.05) is 16.8 Å². The number of anilines is 2. The summed E-state index contributed by atoms with van der Waals surface area (Å²) in [5, 5.41) is 7.12. The number of aromatic nitrogens is 1. The number of thiophene rings is 1. The summed E-state index contributed by atoms with van der Waals surface area (Å²) in [5.41, 5.74) is 7.52. The van der Waals surface area contributed by atoms with Crippen molar-refractivity contribution >= 4 is 28.8 Å². The van der Waals surface area contributed by atoms with Gasteiger partial charge < -0.3 is 15.8 Å². The molecule has 94 valence electrons. The van der Waals surface area contributed by atoms with E-state index in [4.69, 9.17) is 10.5 Å². The summed E-state index contributed by atoms with van der Waals surface area (Å²) in [7, 11) is 1.33. The van der Waals surface area contributed by atoms with Gasteiger partial charge in [-0.15, -0.1) is 0 Å². The van der Waals surface area contributed by atoms with Crippen LogP contribution in [0.1, 0.15) is 15.9 Å². The fraction of sp³-hybridized carbons (Fsp3) is 0.167. The maximum Gasteiger partial charge on any atom is 0.341 e. The molecule has 0 saturated heterocycles. The zero-order valence-electron chi connectivity index (χ0n) is 9.84. The van der Waals surface area contributed by atoms with Gasteiger partial charge in [0.1, 0.15) is 11.4 Å². The molecule has 0 radical (unpaired) electrons. The van der Waals surface area contributed by atoms with Crippen LogP contribution in [-0.2, 0) is 11.3 Å². The third kappa shape index (κ3) is 2.78. The first-order chi connectivity index (χ1) is 8.70. The monoisotopic (exact) mass is 263 g/mol. The Morgan fingerprint density at radius 3 is 3.11 bits per heavy atom. The van der Waals surface area contributed by atoms with Crippen LogP contribution in [0.25, 0.3) is 0 Å². The van der Waals surface area contributed by atoms with Crippen molar-refractivity contribution in [2.45, 2.75) is 6.54 Å². The number of carbonyl (C=O) groups is 1. The summed E-state index contributed by atoms with van der Waals surface area (Å²) in [5.74, 6) is 0.0184. The van der Waals surface area contributed by atoms with E-state index in [1.165, 1.54) is 13.3 Å². The zero-order valence-corrected chi connectivity index (χ0v) is 10.7. The Hall–Kier alpha value is -2.08. The maximum atomic E-state index is 11.6. The highest BCUT2D eigenvalue weighted by molar-refractivity contribution is 7.07. The molecule has 0 aliphatic rings. The van der Waals surface area contributed by atoms with Crippen LogP contribution in [-0.4, -0.2) is 18.1 Å². The van der Waals surface area contributed by atoms with Crippen molar-refractivity contribution in [3.63, 3.8) is 0 Å². The Balaban J connectivity index is 2.18. The average Bonchev–Trinajstić information content (AvgIpc) is 2.89. The molecule has 0 spiro atoms. The second-order valence-corrected chi connectivity index (χ2v) is 4.42. The van der Waals surface area contributed by atoms with Gasteiger partial charge in [-0.3, -0.25) is 0 Å². The van der Waals surface area contributed by atoms with E-state index in [-0.39, 0.29) is 0 Å². The number of rotatable bonds is 4. The summed E-state index contributed by atoms with van der Waals surface area (Å²) in [6, 6.07) is 3.56. The molecule has 0 aliphatic heterocycles. The van der Waals surface area contributed by atoms with Gasteiger partial charge in [0.25, 0.3) is 0 Å². The van der Waals surface area contributed by atoms with E-state index in [1.54, 1.807) is 17.4 Å². The normalized spacial score (nSPS) is 10.1. The number of methoxy groups -OCH3 is 1. The molecule has 18 heavy (non-hydrogen) atoms. The van der Waals surface area contributed by atoms with Crippen molar-refractivity contribution in [3.8, 4) is 0 Å². The molecule has 0 aliphatic carbocycles. The van der Waals surface area contributed by atoms with Gasteiger partial charge in [0.15, 0.2) is 0 Å². The lowest BCUT2D eigenvalue weighted by Gasteiger charge is -2.09. The molecule has 3 N–H and O–H groups in total. The predicted molar refractivity (Wildman–Crippen MR) is 71.6 cm³/mol. The van der Waals surface area contributed by atoms with Gasteiger partial charge in [0.2, 0.25) is 0 Å². The SMILES string of the molecule is COC(=O)c1cc(N)cnc1NCc1ccsc1. The van der Waals surface area contributed by atoms with Gasteiger partial charge in [-0.1, -0.05) is 0 Å². The minimum absolute atomic E-state index is 0.340. The molecule has 2 rings (SSSR count). The van der Waals surface area contributed by atoms with Crippen molar-refractivity contribution in [1.82, 2.24) is 4.98 Å². The van der Waals surface area contributed by atoms with E-state index >= 15 is 0 Å². The molecule has 2 heterocycles. The Morgan fingerprint density at radius 1 is 1.61 bits per heavy atom. The molecule has 0 unspecified atom stereocenters. The van der Waals surface area contributed by atoms with Gasteiger partial charge in [-0.2, -0.15) is 11.3 Å². The first kappa shape index (κ1) is 12.4. The Bertz CT molecular complexity index is 540. The largest absolute Gasteiger partial charge is 0.465 e. The Morgan fingerprint density at radius 2 is 2.44 bits per heavy atom. The molecule has 0 bridgehead atoms. The van der Waals surface area contributed by atoms with Crippen molar-refractivity contribution in [3.05, 3.63) is 40.2 Å². The summed E-state index contributed by atoms with van der Waals surface area (Å²) in [6.45, 7) is 0.602. The van der Waals surface area contributed by atoms with Crippen molar-refractivity contribution < 1.29 is 9.53 Å². The first-order valence-electron chi connectivity index (χ1n) is 5.29. The lowest BCUT2D eigenvalue weighted by atomic mass is 10.2. The van der Waals surface area contributed by atoms with Crippen LogP contribution >= 0.6 is 11.3 Å². The zero-order chi connectivity index (χ0) is 13.0. The maximum absolute atomic E-state index is 11.6. The van der Waals surface area contributed by atoms with Gasteiger partial charge in [0.05, 0.1) is 19.0 Å². The van der Waals surface area contributed by atoms with Gasteiger partial charge >= 0.3 is 5.97 Å². The fourth-order valence-corrected chi connectivity index (χ4v) is 2.13. The lowest BCUT2D eigenvalue weighted by molar-refractivity contribution is 0.0601. The van der Waals surface area contributed by atoms with Crippen molar-refractivity contribution in [1.29, 1.82) is 0 Å². The molecule has 2 aromatic rings. The van der Waals surface area contributed by atoms with Crippen LogP contribution in [0.2, 0.25) is 0 Å². The number of ether oxygens (including phenoxy) is 1. The quantitative estimate of drug-likeness (QED) is 0.826. The molecular weight excluding hydrogens is 250 g/mol. The molecular formula is C12H13N3O2S. The van der Waals surface area contributed by atoms with Crippen LogP contribution in [0.4, 0.5) is 11.5 Å². The lowest BCUT2D eigenvalue weighted by Crippen LogP contribution is -2.10. The number of esters is 1. The second-order valence-electron chi connectivity index (χ2n) is 3.64. The highest BCUT2D eigenvalue weighted by atomic mass is 32.1. The molecule has 6 heteroatoms. The Kier molecular flexibility index (Phi) is 3.78. The molecule has 2 aromatic heterocycles. The van der Waals surface area contributed by atoms with E-state index in [2.05, 4.69) is 10.3 Å². The van der Waals surface area contributed by atoms with Crippen molar-refractivity contribution in [2.75, 3.05) is 18.2 Å². The Labute approximate surface area is 109 Å². The predicted octanol–water partition coefficient (Wildman–Crippen LogP) is 2.12. The smallest absolute Gasteiger partial charge is 0.341 e. The summed E-state index contributed by atoms with van der Waals surface area (Å²) < 4.78 is 4.70. The fourth-order valence-electron chi connectivity index (χ4n) is 1.47. The molecule has 0 saturated carbocycles. The van der Waals surface area contributed by atoms with Crippen LogP contribution in [0.15, 0.2) is 29.1 Å². The number of nitrogens with two attached hydrogens (primary N) is 1. The second kappa shape index (κ2) is 5.50. The van der Waals surface area contributed by atoms with Crippen molar-refractivity contribution in [2.24, 2.45) is 0 Å². The van der Waals surface area contributed by atoms with Gasteiger partial charge in [-0.05, 0) is 28.5 Å². The highest BCUT2D eigenvalue weighted by Crippen LogP contribution is 2.18. The highest BCUT2D eigenvalue weighted by Gasteiger charge is 2.13. The molecule has 5 nitrogen and oxygen atoms in total. The minimum Gasteiger partial charge on any atom is -0.465 e. The van der Waals surface area contributed by atoms with Gasteiger partial charge in [-0.25, -0.2) is 9.78 Å². The van der Waals surface area contributed by atoms with E-state index in [0.29, 0.717) is 23.6 Å². The number of pyridine rings is 1. The third-order valence-electron chi connectivity index (χ3n) is 2.35. The van der Waals surface area contributed by atoms with Gasteiger partial charge in [0, 0.05) is 6.54 Å². The van der Waals surface area contributed by atoms with E-state index < -0.39 is 5.97 Å². The summed E-state index contributed by atoms with van der Waals surface area (Å²) in [6.07, 6.45) is 1.50. The average molecular weight is 263 g/mol. The van der Waals surface area contributed by atoms with Crippen LogP contribution < -0.4 is 11.1 Å². The van der Waals surface area contributed by atoms with Crippen LogP contribution in [0.3, 0.4) is 0 Å². The standard InChI is InChI=1S/C12H13N3O2S/c1-17-12(16)10-4-9(13)6-15-11(10)14-5-8-2-3-18-7-8/h2-4,6-7H,5,13H2,1H3,(H,14,15). The molecule has 0 fully saturated rings. The van der Waals surface area contributed by atoms with Crippen LogP contribution in [0, 0.1) is 0 Å². The third-order valence-corrected chi connectivity index (χ3v) is 3.09. The van der Waals surface area contributed by atoms with Crippen LogP contribution in [0.5, 0.6) is 0 Å². The summed E-state index contributed by atoms with van der Waals surface area (Å²) >= 11 is 1.62. The number of carbonyl (C=O) groups excluding carboxylic acids is 1. The van der Waals surface area contributed by atoms with E-state index in [0.717, 1.165) is 5.56 Å². The topological polar surface area (TPSA) is 77.2 Å². The number of nitrogens with zero attached hydrogens (tertiary/aromatic N) is 1. The molecule has 0 atom stereocenters. The number of hydrogen-bond donors (Lipinski definition) is 2. The number of nitrogens with one attached hydrogen (secondary N) is 1. The number of nitrogen functional groups attached to an aromatic ring is 1. The minimum atomic E-state index is -0.456. The number of hydrogen-bond acceptors (Lipinski definition) is 6. The summed E-state index contributed by atoms with van der Waals surface area (Å²) in [4.78, 5) is 15.7. The first-order valence-corrected chi connectivity index (χ1v) is 6.24. The molecule has 0 aromatic carbocycles. The van der Waals surface area contributed by atoms with E-state index in [9.17, 15) is 4.79 Å².